The molecule has 0 bridgehead atoms. The molecule has 0 saturated heterocycles. The highest BCUT2D eigenvalue weighted by Gasteiger charge is 2.16. The molecule has 0 spiro atoms. The second kappa shape index (κ2) is 11.0. The zero-order valence-corrected chi connectivity index (χ0v) is 11.9. The average Bonchev–Trinajstić information content (AvgIpc) is 2.30. The van der Waals surface area contributed by atoms with Crippen molar-refractivity contribution in [2.24, 2.45) is 5.41 Å². The molecule has 0 aliphatic carbocycles. The Bertz CT molecular complexity index is 163. The van der Waals surface area contributed by atoms with E-state index in [0.717, 1.165) is 39.3 Å². The number of nitrogens with one attached hydrogen (secondary N) is 1. The molecule has 0 saturated carbocycles. The first-order chi connectivity index (χ1) is 8.12. The molecular weight excluding hydrogens is 218 g/mol. The average molecular weight is 247 g/mol. The molecule has 0 atom stereocenters. The van der Waals surface area contributed by atoms with Gasteiger partial charge in [-0.2, -0.15) is 0 Å². The van der Waals surface area contributed by atoms with Crippen LogP contribution in [0.4, 0.5) is 0 Å². The van der Waals surface area contributed by atoms with Crippen molar-refractivity contribution < 1.29 is 14.2 Å². The van der Waals surface area contributed by atoms with Gasteiger partial charge in [-0.1, -0.05) is 20.8 Å². The Hall–Kier alpha value is -0.160. The number of hydrogen-bond acceptors (Lipinski definition) is 4. The topological polar surface area (TPSA) is 39.7 Å². The van der Waals surface area contributed by atoms with E-state index in [-0.39, 0.29) is 5.41 Å². The first-order valence-electron chi connectivity index (χ1n) is 6.47. The summed E-state index contributed by atoms with van der Waals surface area (Å²) in [6.07, 6.45) is 0.945. The molecule has 0 rings (SSSR count). The summed E-state index contributed by atoms with van der Waals surface area (Å²) >= 11 is 0. The number of methoxy groups -OCH3 is 1. The quantitative estimate of drug-likeness (QED) is 0.533. The van der Waals surface area contributed by atoms with Crippen LogP contribution in [0.2, 0.25) is 0 Å². The molecule has 0 aliphatic rings. The minimum absolute atomic E-state index is 0.201. The SMILES string of the molecule is CCNCC(C)(C)COCCCOCCOC. The highest BCUT2D eigenvalue weighted by molar-refractivity contribution is 4.70. The van der Waals surface area contributed by atoms with Gasteiger partial charge in [0, 0.05) is 32.3 Å². The van der Waals surface area contributed by atoms with Crippen LogP contribution in [0, 0.1) is 5.41 Å². The van der Waals surface area contributed by atoms with Gasteiger partial charge in [-0.15, -0.1) is 0 Å². The molecular formula is C13H29NO3. The summed E-state index contributed by atoms with van der Waals surface area (Å²) in [6, 6.07) is 0. The van der Waals surface area contributed by atoms with Crippen molar-refractivity contribution in [1.29, 1.82) is 0 Å². The van der Waals surface area contributed by atoms with Gasteiger partial charge >= 0.3 is 0 Å². The molecule has 0 radical (unpaired) electrons. The Kier molecular flexibility index (Phi) is 10.9. The van der Waals surface area contributed by atoms with Crippen LogP contribution in [0.15, 0.2) is 0 Å². The lowest BCUT2D eigenvalue weighted by Gasteiger charge is -2.24. The molecule has 0 fully saturated rings. The summed E-state index contributed by atoms with van der Waals surface area (Å²) < 4.78 is 15.9. The maximum absolute atomic E-state index is 5.65. The molecule has 17 heavy (non-hydrogen) atoms. The van der Waals surface area contributed by atoms with Gasteiger partial charge in [0.15, 0.2) is 0 Å². The predicted octanol–water partition coefficient (Wildman–Crippen LogP) is 1.69. The highest BCUT2D eigenvalue weighted by atomic mass is 16.5. The first kappa shape index (κ1) is 16.8. The van der Waals surface area contributed by atoms with E-state index >= 15 is 0 Å². The normalized spacial score (nSPS) is 12.0. The number of rotatable bonds is 12. The zero-order valence-electron chi connectivity index (χ0n) is 11.9. The van der Waals surface area contributed by atoms with Gasteiger partial charge in [0.1, 0.15) is 0 Å². The van der Waals surface area contributed by atoms with Crippen molar-refractivity contribution in [1.82, 2.24) is 5.32 Å². The van der Waals surface area contributed by atoms with E-state index in [0.29, 0.717) is 13.2 Å². The third-order valence-electron chi connectivity index (χ3n) is 2.36. The van der Waals surface area contributed by atoms with E-state index in [1.807, 2.05) is 0 Å². The van der Waals surface area contributed by atoms with Crippen LogP contribution in [-0.2, 0) is 14.2 Å². The van der Waals surface area contributed by atoms with Gasteiger partial charge in [0.2, 0.25) is 0 Å². The number of ether oxygens (including phenoxy) is 3. The highest BCUT2D eigenvalue weighted by Crippen LogP contribution is 2.13. The Morgan fingerprint density at radius 2 is 1.71 bits per heavy atom. The van der Waals surface area contributed by atoms with Gasteiger partial charge in [-0.05, 0) is 13.0 Å². The van der Waals surface area contributed by atoms with Crippen molar-refractivity contribution in [2.75, 3.05) is 53.2 Å². The van der Waals surface area contributed by atoms with E-state index in [9.17, 15) is 0 Å². The Balaban J connectivity index is 3.26. The molecule has 104 valence electrons. The Morgan fingerprint density at radius 3 is 2.35 bits per heavy atom. The van der Waals surface area contributed by atoms with E-state index in [1.165, 1.54) is 0 Å². The summed E-state index contributed by atoms with van der Waals surface area (Å²) in [5.41, 5.74) is 0.201. The van der Waals surface area contributed by atoms with Crippen molar-refractivity contribution in [3.63, 3.8) is 0 Å². The van der Waals surface area contributed by atoms with E-state index in [1.54, 1.807) is 7.11 Å². The van der Waals surface area contributed by atoms with Crippen LogP contribution in [0.3, 0.4) is 0 Å². The van der Waals surface area contributed by atoms with Gasteiger partial charge < -0.3 is 19.5 Å². The molecule has 0 aromatic heterocycles. The molecule has 1 N–H and O–H groups in total. The van der Waals surface area contributed by atoms with Crippen LogP contribution in [0.1, 0.15) is 27.2 Å². The van der Waals surface area contributed by atoms with E-state index in [2.05, 4.69) is 26.1 Å². The zero-order chi connectivity index (χ0) is 13.0. The molecule has 0 unspecified atom stereocenters. The minimum atomic E-state index is 0.201. The molecule has 0 aromatic carbocycles. The third-order valence-corrected chi connectivity index (χ3v) is 2.36. The van der Waals surface area contributed by atoms with Gasteiger partial charge in [-0.3, -0.25) is 0 Å². The fourth-order valence-electron chi connectivity index (χ4n) is 1.37. The molecule has 0 aliphatic heterocycles. The van der Waals surface area contributed by atoms with E-state index in [4.69, 9.17) is 14.2 Å². The third kappa shape index (κ3) is 12.1. The molecule has 4 nitrogen and oxygen atoms in total. The summed E-state index contributed by atoms with van der Waals surface area (Å²) in [4.78, 5) is 0. The second-order valence-corrected chi connectivity index (χ2v) is 4.96. The van der Waals surface area contributed by atoms with Crippen LogP contribution < -0.4 is 5.32 Å². The fraction of sp³-hybridized carbons (Fsp3) is 1.00. The smallest absolute Gasteiger partial charge is 0.0700 e. The second-order valence-electron chi connectivity index (χ2n) is 4.96. The Morgan fingerprint density at radius 1 is 1.00 bits per heavy atom. The molecule has 4 heteroatoms. The maximum Gasteiger partial charge on any atom is 0.0700 e. The van der Waals surface area contributed by atoms with Crippen molar-refractivity contribution in [3.8, 4) is 0 Å². The monoisotopic (exact) mass is 247 g/mol. The van der Waals surface area contributed by atoms with Gasteiger partial charge in [0.05, 0.1) is 19.8 Å². The predicted molar refractivity (Wildman–Crippen MR) is 70.5 cm³/mol. The van der Waals surface area contributed by atoms with Crippen molar-refractivity contribution in [3.05, 3.63) is 0 Å². The molecule has 0 heterocycles. The van der Waals surface area contributed by atoms with Crippen LogP contribution >= 0.6 is 0 Å². The van der Waals surface area contributed by atoms with Crippen molar-refractivity contribution >= 4 is 0 Å². The van der Waals surface area contributed by atoms with Crippen LogP contribution in [-0.4, -0.2) is 53.2 Å². The van der Waals surface area contributed by atoms with E-state index < -0.39 is 0 Å². The molecule has 0 aromatic rings. The van der Waals surface area contributed by atoms with Crippen LogP contribution in [0.5, 0.6) is 0 Å². The van der Waals surface area contributed by atoms with Crippen LogP contribution in [0.25, 0.3) is 0 Å². The van der Waals surface area contributed by atoms with Crippen molar-refractivity contribution in [2.45, 2.75) is 27.2 Å². The molecule has 0 amide bonds. The van der Waals surface area contributed by atoms with Gasteiger partial charge in [0.25, 0.3) is 0 Å². The standard InChI is InChI=1S/C13H29NO3/c1-5-14-11-13(2,3)12-17-8-6-7-16-10-9-15-4/h14H,5-12H2,1-4H3. The summed E-state index contributed by atoms with van der Waals surface area (Å²) in [6.45, 7) is 12.2. The lowest BCUT2D eigenvalue weighted by molar-refractivity contribution is 0.0311. The summed E-state index contributed by atoms with van der Waals surface area (Å²) in [5, 5.41) is 3.35. The lowest BCUT2D eigenvalue weighted by atomic mass is 9.95. The minimum Gasteiger partial charge on any atom is -0.382 e. The Labute approximate surface area is 106 Å². The number of hydrogen-bond donors (Lipinski definition) is 1. The summed E-state index contributed by atoms with van der Waals surface area (Å²) in [7, 11) is 1.68. The van der Waals surface area contributed by atoms with Gasteiger partial charge in [-0.25, -0.2) is 0 Å². The fourth-order valence-corrected chi connectivity index (χ4v) is 1.37. The first-order valence-corrected chi connectivity index (χ1v) is 6.47. The summed E-state index contributed by atoms with van der Waals surface area (Å²) in [5.74, 6) is 0. The maximum atomic E-state index is 5.65. The lowest BCUT2D eigenvalue weighted by Crippen LogP contribution is -2.33. The largest absolute Gasteiger partial charge is 0.382 e.